The second-order valence-corrected chi connectivity index (χ2v) is 7.93. The molecule has 25 heavy (non-hydrogen) atoms. The van der Waals surface area contributed by atoms with Crippen molar-refractivity contribution in [1.29, 1.82) is 0 Å². The van der Waals surface area contributed by atoms with Crippen LogP contribution in [0.15, 0.2) is 42.5 Å². The number of benzene rings is 2. The van der Waals surface area contributed by atoms with E-state index in [1.54, 1.807) is 0 Å². The van der Waals surface area contributed by atoms with Crippen LogP contribution in [0.3, 0.4) is 0 Å². The number of halogens is 1. The molecule has 2 rings (SSSR count). The number of hydrogen-bond acceptors (Lipinski definition) is 3. The Morgan fingerprint density at radius 3 is 2.32 bits per heavy atom. The monoisotopic (exact) mass is 364 g/mol. The number of carbonyl (C=O) groups is 1. The van der Waals surface area contributed by atoms with Gasteiger partial charge in [0.25, 0.3) is 0 Å². The third-order valence-electron chi connectivity index (χ3n) is 3.50. The molecule has 2 aromatic carbocycles. The van der Waals surface area contributed by atoms with E-state index < -0.39 is 33.4 Å². The van der Waals surface area contributed by atoms with Crippen LogP contribution in [-0.4, -0.2) is 20.1 Å². The van der Waals surface area contributed by atoms with Crippen LogP contribution in [0.2, 0.25) is 0 Å². The van der Waals surface area contributed by atoms with E-state index in [9.17, 15) is 17.6 Å². The highest BCUT2D eigenvalue weighted by atomic mass is 32.2. The summed E-state index contributed by atoms with van der Waals surface area (Å²) >= 11 is 0. The number of aryl methyl sites for hydroxylation is 2. The maximum absolute atomic E-state index is 13.1. The van der Waals surface area contributed by atoms with E-state index in [1.165, 1.54) is 25.1 Å². The number of nitrogens with one attached hydrogen (secondary N) is 2. The summed E-state index contributed by atoms with van der Waals surface area (Å²) < 4.78 is 39.8. The molecule has 0 saturated heterocycles. The standard InChI is InChI=1S/C18H21FN2O3S/c1-12-7-13(2)9-17(8-12)20-18(22)14(3)11-25(23,24)21-16-6-4-5-15(19)10-16/h4-10,14,21H,11H2,1-3H3,(H,20,22). The maximum Gasteiger partial charge on any atom is 0.233 e. The van der Waals surface area contributed by atoms with Crippen LogP contribution in [-0.2, 0) is 14.8 Å². The van der Waals surface area contributed by atoms with Gasteiger partial charge in [0.2, 0.25) is 15.9 Å². The third-order valence-corrected chi connectivity index (χ3v) is 4.99. The number of carbonyl (C=O) groups excluding carboxylic acids is 1. The quantitative estimate of drug-likeness (QED) is 0.824. The van der Waals surface area contributed by atoms with Crippen molar-refractivity contribution in [2.45, 2.75) is 20.8 Å². The summed E-state index contributed by atoms with van der Waals surface area (Å²) in [6.45, 7) is 5.36. The minimum atomic E-state index is -3.78. The molecule has 1 unspecified atom stereocenters. The molecule has 0 bridgehead atoms. The van der Waals surface area contributed by atoms with Gasteiger partial charge in [-0.3, -0.25) is 9.52 Å². The van der Waals surface area contributed by atoms with E-state index in [1.807, 2.05) is 32.0 Å². The summed E-state index contributed by atoms with van der Waals surface area (Å²) in [6, 6.07) is 10.8. The van der Waals surface area contributed by atoms with Gasteiger partial charge in [0, 0.05) is 5.69 Å². The zero-order valence-corrected chi connectivity index (χ0v) is 15.2. The predicted molar refractivity (Wildman–Crippen MR) is 97.5 cm³/mol. The van der Waals surface area contributed by atoms with Gasteiger partial charge in [0.05, 0.1) is 17.4 Å². The molecule has 5 nitrogen and oxygen atoms in total. The molecule has 0 heterocycles. The van der Waals surface area contributed by atoms with Crippen molar-refractivity contribution in [2.75, 3.05) is 15.8 Å². The van der Waals surface area contributed by atoms with Gasteiger partial charge in [-0.05, 0) is 55.3 Å². The van der Waals surface area contributed by atoms with Crippen LogP contribution < -0.4 is 10.0 Å². The van der Waals surface area contributed by atoms with Gasteiger partial charge in [-0.15, -0.1) is 0 Å². The lowest BCUT2D eigenvalue weighted by atomic mass is 10.1. The summed E-state index contributed by atoms with van der Waals surface area (Å²) in [7, 11) is -3.78. The minimum absolute atomic E-state index is 0.127. The largest absolute Gasteiger partial charge is 0.326 e. The first-order valence-electron chi connectivity index (χ1n) is 7.80. The van der Waals surface area contributed by atoms with Crippen LogP contribution >= 0.6 is 0 Å². The van der Waals surface area contributed by atoms with E-state index in [2.05, 4.69) is 10.0 Å². The average Bonchev–Trinajstić information content (AvgIpc) is 2.44. The van der Waals surface area contributed by atoms with E-state index in [0.717, 1.165) is 17.2 Å². The average molecular weight is 364 g/mol. The minimum Gasteiger partial charge on any atom is -0.326 e. The highest BCUT2D eigenvalue weighted by Gasteiger charge is 2.22. The van der Waals surface area contributed by atoms with Crippen molar-refractivity contribution in [3.05, 3.63) is 59.4 Å². The maximum atomic E-state index is 13.1. The van der Waals surface area contributed by atoms with Gasteiger partial charge < -0.3 is 5.32 Å². The Bertz CT molecular complexity index is 861. The van der Waals surface area contributed by atoms with Crippen LogP contribution in [0.1, 0.15) is 18.1 Å². The number of hydrogen-bond donors (Lipinski definition) is 2. The second-order valence-electron chi connectivity index (χ2n) is 6.16. The van der Waals surface area contributed by atoms with E-state index >= 15 is 0 Å². The summed E-state index contributed by atoms with van der Waals surface area (Å²) in [6.07, 6.45) is 0. The van der Waals surface area contributed by atoms with Gasteiger partial charge in [0.15, 0.2) is 0 Å². The molecule has 1 atom stereocenters. The van der Waals surface area contributed by atoms with Gasteiger partial charge in [-0.25, -0.2) is 12.8 Å². The second kappa shape index (κ2) is 7.65. The molecule has 0 aliphatic rings. The SMILES string of the molecule is Cc1cc(C)cc(NC(=O)C(C)CS(=O)(=O)Nc2cccc(F)c2)c1. The highest BCUT2D eigenvalue weighted by molar-refractivity contribution is 7.92. The smallest absolute Gasteiger partial charge is 0.233 e. The van der Waals surface area contributed by atoms with Crippen LogP contribution in [0.25, 0.3) is 0 Å². The fourth-order valence-corrected chi connectivity index (χ4v) is 3.87. The Morgan fingerprint density at radius 1 is 1.08 bits per heavy atom. The lowest BCUT2D eigenvalue weighted by molar-refractivity contribution is -0.118. The molecule has 0 aromatic heterocycles. The topological polar surface area (TPSA) is 75.3 Å². The van der Waals surface area contributed by atoms with Crippen molar-refractivity contribution < 1.29 is 17.6 Å². The zero-order chi connectivity index (χ0) is 18.6. The molecule has 7 heteroatoms. The first kappa shape index (κ1) is 18.9. The molecule has 0 fully saturated rings. The molecule has 1 amide bonds. The Labute approximate surface area is 147 Å². The van der Waals surface area contributed by atoms with Gasteiger partial charge in [0.1, 0.15) is 5.82 Å². The summed E-state index contributed by atoms with van der Waals surface area (Å²) in [5.41, 5.74) is 2.76. The Balaban J connectivity index is 2.01. The molecule has 0 saturated carbocycles. The molecule has 2 aromatic rings. The molecule has 0 spiro atoms. The summed E-state index contributed by atoms with van der Waals surface area (Å²) in [4.78, 5) is 12.3. The lowest BCUT2D eigenvalue weighted by Gasteiger charge is -2.14. The molecule has 0 radical (unpaired) electrons. The summed E-state index contributed by atoms with van der Waals surface area (Å²) in [5.74, 6) is -2.11. The molecular weight excluding hydrogens is 343 g/mol. The van der Waals surface area contributed by atoms with Crippen molar-refractivity contribution in [3.63, 3.8) is 0 Å². The first-order chi connectivity index (χ1) is 11.6. The van der Waals surface area contributed by atoms with Crippen molar-refractivity contribution >= 4 is 27.3 Å². The van der Waals surface area contributed by atoms with E-state index in [4.69, 9.17) is 0 Å². The van der Waals surface area contributed by atoms with Crippen molar-refractivity contribution in [1.82, 2.24) is 0 Å². The number of rotatable bonds is 6. The molecule has 134 valence electrons. The normalized spacial score (nSPS) is 12.5. The lowest BCUT2D eigenvalue weighted by Crippen LogP contribution is -2.30. The van der Waals surface area contributed by atoms with Crippen molar-refractivity contribution in [2.24, 2.45) is 5.92 Å². The Kier molecular flexibility index (Phi) is 5.79. The molecule has 0 aliphatic carbocycles. The highest BCUT2D eigenvalue weighted by Crippen LogP contribution is 2.16. The van der Waals surface area contributed by atoms with Gasteiger partial charge in [-0.1, -0.05) is 19.1 Å². The fourth-order valence-electron chi connectivity index (χ4n) is 2.49. The Morgan fingerprint density at radius 2 is 1.72 bits per heavy atom. The van der Waals surface area contributed by atoms with Crippen LogP contribution in [0.5, 0.6) is 0 Å². The summed E-state index contributed by atoms with van der Waals surface area (Å²) in [5, 5.41) is 2.73. The third kappa shape index (κ3) is 5.86. The Hall–Kier alpha value is -2.41. The van der Waals surface area contributed by atoms with Gasteiger partial charge in [-0.2, -0.15) is 0 Å². The van der Waals surface area contributed by atoms with Crippen LogP contribution in [0, 0.1) is 25.6 Å². The fraction of sp³-hybridized carbons (Fsp3) is 0.278. The number of sulfonamides is 1. The van der Waals surface area contributed by atoms with Gasteiger partial charge >= 0.3 is 0 Å². The zero-order valence-electron chi connectivity index (χ0n) is 14.3. The molecule has 0 aliphatic heterocycles. The number of anilines is 2. The predicted octanol–water partition coefficient (Wildman–Crippen LogP) is 3.46. The van der Waals surface area contributed by atoms with E-state index in [0.29, 0.717) is 5.69 Å². The molecule has 2 N–H and O–H groups in total. The number of amides is 1. The first-order valence-corrected chi connectivity index (χ1v) is 9.45. The molecular formula is C18H21FN2O3S. The van der Waals surface area contributed by atoms with Crippen molar-refractivity contribution in [3.8, 4) is 0 Å². The van der Waals surface area contributed by atoms with Crippen LogP contribution in [0.4, 0.5) is 15.8 Å². The van der Waals surface area contributed by atoms with E-state index in [-0.39, 0.29) is 5.69 Å².